The van der Waals surface area contributed by atoms with E-state index in [4.69, 9.17) is 10.2 Å². The van der Waals surface area contributed by atoms with Crippen molar-refractivity contribution in [1.29, 1.82) is 0 Å². The minimum atomic E-state index is -4.50. The van der Waals surface area contributed by atoms with Crippen LogP contribution in [0.3, 0.4) is 0 Å². The van der Waals surface area contributed by atoms with E-state index in [1.807, 2.05) is 5.32 Å². The Morgan fingerprint density at radius 1 is 1.11 bits per heavy atom. The molecule has 0 bridgehead atoms. The predicted octanol–water partition coefficient (Wildman–Crippen LogP) is 0.763. The number of amides is 1. The highest BCUT2D eigenvalue weighted by molar-refractivity contribution is 5.83. The number of hydrogen-bond acceptors (Lipinski definition) is 3. The third kappa shape index (κ3) is 8.36. The molecule has 0 aliphatic heterocycles. The number of carbonyl (C=O) groups is 3. The molecule has 104 valence electrons. The molecule has 0 fully saturated rings. The average molecular weight is 271 g/mol. The molecule has 9 heteroatoms. The second-order valence-corrected chi connectivity index (χ2v) is 3.51. The highest BCUT2D eigenvalue weighted by Crippen LogP contribution is 2.21. The van der Waals surface area contributed by atoms with E-state index in [1.54, 1.807) is 0 Å². The maximum absolute atomic E-state index is 11.8. The van der Waals surface area contributed by atoms with E-state index in [9.17, 15) is 27.6 Å². The summed E-state index contributed by atoms with van der Waals surface area (Å²) in [5, 5.41) is 18.8. The number of halogens is 3. The van der Waals surface area contributed by atoms with E-state index in [2.05, 4.69) is 0 Å². The summed E-state index contributed by atoms with van der Waals surface area (Å²) in [6.45, 7) is 0. The van der Waals surface area contributed by atoms with Crippen molar-refractivity contribution in [2.45, 2.75) is 37.9 Å². The van der Waals surface area contributed by atoms with Crippen molar-refractivity contribution in [2.24, 2.45) is 0 Å². The molecule has 0 aliphatic rings. The van der Waals surface area contributed by atoms with Gasteiger partial charge in [0, 0.05) is 12.8 Å². The van der Waals surface area contributed by atoms with Crippen LogP contribution < -0.4 is 5.32 Å². The van der Waals surface area contributed by atoms with Crippen molar-refractivity contribution in [1.82, 2.24) is 5.32 Å². The number of hydrogen-bond donors (Lipinski definition) is 3. The molecule has 1 atom stereocenters. The lowest BCUT2D eigenvalue weighted by molar-refractivity contribution is -0.147. The van der Waals surface area contributed by atoms with Crippen LogP contribution in [-0.4, -0.2) is 40.3 Å². The van der Waals surface area contributed by atoms with Gasteiger partial charge >= 0.3 is 18.1 Å². The Kier molecular flexibility index (Phi) is 6.14. The predicted molar refractivity (Wildman–Crippen MR) is 51.7 cm³/mol. The number of carboxylic acids is 2. The normalized spacial score (nSPS) is 12.8. The van der Waals surface area contributed by atoms with Crippen LogP contribution in [0.5, 0.6) is 0 Å². The van der Waals surface area contributed by atoms with Crippen LogP contribution in [-0.2, 0) is 14.4 Å². The van der Waals surface area contributed by atoms with Gasteiger partial charge in [-0.25, -0.2) is 4.79 Å². The van der Waals surface area contributed by atoms with Gasteiger partial charge in [0.1, 0.15) is 6.04 Å². The summed E-state index contributed by atoms with van der Waals surface area (Å²) in [7, 11) is 0. The molecule has 3 N–H and O–H groups in total. The number of nitrogens with one attached hydrogen (secondary N) is 1. The molecular weight excluding hydrogens is 259 g/mol. The van der Waals surface area contributed by atoms with E-state index < -0.39 is 49.3 Å². The fourth-order valence-corrected chi connectivity index (χ4v) is 1.05. The largest absolute Gasteiger partial charge is 0.481 e. The second-order valence-electron chi connectivity index (χ2n) is 3.51. The van der Waals surface area contributed by atoms with Crippen molar-refractivity contribution in [2.75, 3.05) is 0 Å². The van der Waals surface area contributed by atoms with Crippen LogP contribution in [0.4, 0.5) is 13.2 Å². The topological polar surface area (TPSA) is 104 Å². The van der Waals surface area contributed by atoms with E-state index >= 15 is 0 Å². The van der Waals surface area contributed by atoms with E-state index in [0.717, 1.165) is 0 Å². The number of rotatable bonds is 7. The van der Waals surface area contributed by atoms with Gasteiger partial charge in [-0.15, -0.1) is 0 Å². The second kappa shape index (κ2) is 6.82. The Morgan fingerprint density at radius 2 is 1.67 bits per heavy atom. The Balaban J connectivity index is 4.20. The number of alkyl halides is 3. The molecule has 0 spiro atoms. The third-order valence-electron chi connectivity index (χ3n) is 1.92. The summed E-state index contributed by atoms with van der Waals surface area (Å²) >= 11 is 0. The Labute approximate surface area is 99.8 Å². The third-order valence-corrected chi connectivity index (χ3v) is 1.92. The van der Waals surface area contributed by atoms with Gasteiger partial charge in [-0.2, -0.15) is 13.2 Å². The highest BCUT2D eigenvalue weighted by Gasteiger charge is 2.29. The van der Waals surface area contributed by atoms with Crippen molar-refractivity contribution in [3.8, 4) is 0 Å². The molecule has 0 aliphatic carbocycles. The molecule has 0 rings (SSSR count). The first-order chi connectivity index (χ1) is 8.11. The summed E-state index contributed by atoms with van der Waals surface area (Å²) in [6, 6.07) is -1.50. The van der Waals surface area contributed by atoms with Gasteiger partial charge in [0.05, 0.1) is 6.42 Å². The summed E-state index contributed by atoms with van der Waals surface area (Å²) in [6.07, 6.45) is -7.64. The van der Waals surface area contributed by atoms with Gasteiger partial charge in [-0.05, 0) is 6.42 Å². The molecule has 0 saturated carbocycles. The average Bonchev–Trinajstić information content (AvgIpc) is 2.19. The first-order valence-electron chi connectivity index (χ1n) is 4.92. The SMILES string of the molecule is O=C(O)CCC(NC(=O)CCC(F)(F)F)C(=O)O. The van der Waals surface area contributed by atoms with Gasteiger partial charge in [0.25, 0.3) is 0 Å². The van der Waals surface area contributed by atoms with Gasteiger partial charge in [-0.1, -0.05) is 0 Å². The molecule has 18 heavy (non-hydrogen) atoms. The van der Waals surface area contributed by atoms with Crippen LogP contribution in [0.15, 0.2) is 0 Å². The molecule has 0 radical (unpaired) electrons. The lowest BCUT2D eigenvalue weighted by Gasteiger charge is -2.13. The minimum absolute atomic E-state index is 0.386. The minimum Gasteiger partial charge on any atom is -0.481 e. The smallest absolute Gasteiger partial charge is 0.389 e. The fraction of sp³-hybridized carbons (Fsp3) is 0.667. The van der Waals surface area contributed by atoms with Gasteiger partial charge in [0.15, 0.2) is 0 Å². The highest BCUT2D eigenvalue weighted by atomic mass is 19.4. The number of aliphatic carboxylic acids is 2. The molecule has 0 saturated heterocycles. The van der Waals surface area contributed by atoms with Crippen molar-refractivity contribution in [3.63, 3.8) is 0 Å². The lowest BCUT2D eigenvalue weighted by atomic mass is 10.1. The molecule has 1 amide bonds. The Bertz CT molecular complexity index is 329. The molecule has 6 nitrogen and oxygen atoms in total. The quantitative estimate of drug-likeness (QED) is 0.634. The van der Waals surface area contributed by atoms with Crippen LogP contribution in [0.1, 0.15) is 25.7 Å². The number of carbonyl (C=O) groups excluding carboxylic acids is 1. The maximum Gasteiger partial charge on any atom is 0.389 e. The summed E-state index contributed by atoms with van der Waals surface area (Å²) in [5.74, 6) is -3.83. The van der Waals surface area contributed by atoms with E-state index in [1.165, 1.54) is 0 Å². The van der Waals surface area contributed by atoms with Crippen molar-refractivity contribution < 1.29 is 37.8 Å². The first kappa shape index (κ1) is 16.2. The van der Waals surface area contributed by atoms with Crippen molar-refractivity contribution >= 4 is 17.8 Å². The molecule has 0 aromatic rings. The van der Waals surface area contributed by atoms with Gasteiger partial charge in [0.2, 0.25) is 5.91 Å². The van der Waals surface area contributed by atoms with E-state index in [-0.39, 0.29) is 6.42 Å². The monoisotopic (exact) mass is 271 g/mol. The van der Waals surface area contributed by atoms with Gasteiger partial charge in [-0.3, -0.25) is 9.59 Å². The molecule has 1 unspecified atom stereocenters. The zero-order valence-electron chi connectivity index (χ0n) is 9.16. The van der Waals surface area contributed by atoms with Crippen LogP contribution in [0, 0.1) is 0 Å². The van der Waals surface area contributed by atoms with Crippen LogP contribution in [0.2, 0.25) is 0 Å². The first-order valence-corrected chi connectivity index (χ1v) is 4.92. The van der Waals surface area contributed by atoms with Gasteiger partial charge < -0.3 is 15.5 Å². The summed E-state index contributed by atoms with van der Waals surface area (Å²) in [5.41, 5.74) is 0. The zero-order chi connectivity index (χ0) is 14.3. The zero-order valence-corrected chi connectivity index (χ0v) is 9.16. The lowest BCUT2D eigenvalue weighted by Crippen LogP contribution is -2.41. The maximum atomic E-state index is 11.8. The number of carboxylic acid groups (broad SMARTS) is 2. The molecular formula is C9H12F3NO5. The molecule has 0 heterocycles. The molecule has 0 aromatic heterocycles. The van der Waals surface area contributed by atoms with Crippen LogP contribution >= 0.6 is 0 Å². The molecule has 0 aromatic carbocycles. The van der Waals surface area contributed by atoms with Crippen molar-refractivity contribution in [3.05, 3.63) is 0 Å². The summed E-state index contributed by atoms with van der Waals surface area (Å²) in [4.78, 5) is 31.9. The summed E-state index contributed by atoms with van der Waals surface area (Å²) < 4.78 is 35.4. The Hall–Kier alpha value is -1.80. The standard InChI is InChI=1S/C9H12F3NO5/c10-9(11,12)4-3-6(14)13-5(8(17)18)1-2-7(15)16/h5H,1-4H2,(H,13,14)(H,15,16)(H,17,18). The Morgan fingerprint density at radius 3 is 2.06 bits per heavy atom. The van der Waals surface area contributed by atoms with E-state index in [0.29, 0.717) is 0 Å². The fourth-order valence-electron chi connectivity index (χ4n) is 1.05. The van der Waals surface area contributed by atoms with Crippen LogP contribution in [0.25, 0.3) is 0 Å².